The lowest BCUT2D eigenvalue weighted by molar-refractivity contribution is -0.890. The summed E-state index contributed by atoms with van der Waals surface area (Å²) in [5, 5.41) is 5.86. The second-order valence-electron chi connectivity index (χ2n) is 5.31. The van der Waals surface area contributed by atoms with Crippen molar-refractivity contribution in [3.63, 3.8) is 0 Å². The molecular weight excluding hydrogens is 355 g/mol. The van der Waals surface area contributed by atoms with E-state index in [1.54, 1.807) is 29.5 Å². The van der Waals surface area contributed by atoms with Crippen LogP contribution < -0.4 is 15.0 Å². The van der Waals surface area contributed by atoms with Gasteiger partial charge in [-0.2, -0.15) is 0 Å². The SMILES string of the molecule is C[NH+](C)[C@H](CNC(=O)COc1ccc(Cl)cc1Cl)c1cccs1. The summed E-state index contributed by atoms with van der Waals surface area (Å²) in [6.45, 7) is 0.473. The predicted molar refractivity (Wildman–Crippen MR) is 94.8 cm³/mol. The third-order valence-electron chi connectivity index (χ3n) is 3.34. The van der Waals surface area contributed by atoms with Gasteiger partial charge in [0, 0.05) is 5.02 Å². The Morgan fingerprint density at radius 2 is 2.13 bits per heavy atom. The van der Waals surface area contributed by atoms with E-state index in [1.165, 1.54) is 9.78 Å². The number of quaternary nitrogens is 1. The van der Waals surface area contributed by atoms with Gasteiger partial charge >= 0.3 is 0 Å². The molecule has 2 rings (SSSR count). The lowest BCUT2D eigenvalue weighted by Crippen LogP contribution is -3.06. The number of ether oxygens (including phenoxy) is 1. The molecular formula is C16H19Cl2N2O2S+. The predicted octanol–water partition coefficient (Wildman–Crippen LogP) is 2.44. The fourth-order valence-corrected chi connectivity index (χ4v) is 3.50. The minimum Gasteiger partial charge on any atom is -0.482 e. The van der Waals surface area contributed by atoms with E-state index in [9.17, 15) is 4.79 Å². The van der Waals surface area contributed by atoms with Gasteiger partial charge < -0.3 is 15.0 Å². The molecule has 0 aliphatic heterocycles. The average Bonchev–Trinajstić information content (AvgIpc) is 3.00. The molecule has 1 aromatic carbocycles. The number of rotatable bonds is 7. The van der Waals surface area contributed by atoms with Gasteiger partial charge in [-0.3, -0.25) is 4.79 Å². The Bertz CT molecular complexity index is 648. The van der Waals surface area contributed by atoms with Crippen LogP contribution in [0, 0.1) is 0 Å². The quantitative estimate of drug-likeness (QED) is 0.782. The van der Waals surface area contributed by atoms with Crippen LogP contribution in [0.15, 0.2) is 35.7 Å². The highest BCUT2D eigenvalue weighted by atomic mass is 35.5. The molecule has 1 aromatic heterocycles. The maximum atomic E-state index is 12.0. The molecule has 1 amide bonds. The van der Waals surface area contributed by atoms with Gasteiger partial charge in [-0.15, -0.1) is 11.3 Å². The molecule has 0 saturated carbocycles. The van der Waals surface area contributed by atoms with Crippen molar-refractivity contribution >= 4 is 40.4 Å². The summed E-state index contributed by atoms with van der Waals surface area (Å²) in [5.41, 5.74) is 0. The zero-order valence-corrected chi connectivity index (χ0v) is 15.3. The summed E-state index contributed by atoms with van der Waals surface area (Å²) in [5.74, 6) is 0.262. The maximum absolute atomic E-state index is 12.0. The van der Waals surface area contributed by atoms with Crippen molar-refractivity contribution in [2.45, 2.75) is 6.04 Å². The summed E-state index contributed by atoms with van der Waals surface area (Å²) < 4.78 is 5.43. The maximum Gasteiger partial charge on any atom is 0.258 e. The standard InChI is InChI=1S/C16H18Cl2N2O2S/c1-20(2)13(15-4-3-7-23-15)9-19-16(21)10-22-14-6-5-11(17)8-12(14)18/h3-8,13H,9-10H2,1-2H3,(H,19,21)/p+1/t13-/m1/s1. The van der Waals surface area contributed by atoms with E-state index in [1.807, 2.05) is 11.4 Å². The molecule has 0 fully saturated rings. The third kappa shape index (κ3) is 5.39. The summed E-state index contributed by atoms with van der Waals surface area (Å²) in [6.07, 6.45) is 0. The van der Waals surface area contributed by atoms with Crippen molar-refractivity contribution in [2.75, 3.05) is 27.2 Å². The first-order valence-corrected chi connectivity index (χ1v) is 8.79. The first-order valence-electron chi connectivity index (χ1n) is 7.15. The van der Waals surface area contributed by atoms with Crippen molar-refractivity contribution in [3.05, 3.63) is 50.6 Å². The molecule has 0 radical (unpaired) electrons. The summed E-state index contributed by atoms with van der Waals surface area (Å²) in [6, 6.07) is 9.22. The first kappa shape index (κ1) is 18.1. The molecule has 1 atom stereocenters. The van der Waals surface area contributed by atoms with E-state index in [-0.39, 0.29) is 18.6 Å². The van der Waals surface area contributed by atoms with Crippen molar-refractivity contribution < 1.29 is 14.4 Å². The second-order valence-corrected chi connectivity index (χ2v) is 7.14. The Kier molecular flexibility index (Phi) is 6.72. The lowest BCUT2D eigenvalue weighted by Gasteiger charge is -2.20. The van der Waals surface area contributed by atoms with Gasteiger partial charge in [0.05, 0.1) is 30.5 Å². The molecule has 0 bridgehead atoms. The highest BCUT2D eigenvalue weighted by molar-refractivity contribution is 7.10. The first-order chi connectivity index (χ1) is 11.0. The number of benzene rings is 1. The Labute approximate surface area is 150 Å². The number of hydrogen-bond acceptors (Lipinski definition) is 3. The van der Waals surface area contributed by atoms with E-state index in [0.717, 1.165) is 0 Å². The Morgan fingerprint density at radius 1 is 1.35 bits per heavy atom. The minimum absolute atomic E-state index is 0.0821. The monoisotopic (exact) mass is 373 g/mol. The van der Waals surface area contributed by atoms with Crippen LogP contribution in [0.5, 0.6) is 5.75 Å². The summed E-state index contributed by atoms with van der Waals surface area (Å²) in [7, 11) is 4.14. The fraction of sp³-hybridized carbons (Fsp3) is 0.312. The lowest BCUT2D eigenvalue weighted by atomic mass is 10.2. The largest absolute Gasteiger partial charge is 0.482 e. The zero-order chi connectivity index (χ0) is 16.8. The van der Waals surface area contributed by atoms with Gasteiger partial charge in [0.1, 0.15) is 11.8 Å². The molecule has 23 heavy (non-hydrogen) atoms. The number of amides is 1. The van der Waals surface area contributed by atoms with Gasteiger partial charge in [-0.25, -0.2) is 0 Å². The van der Waals surface area contributed by atoms with E-state index in [2.05, 4.69) is 25.5 Å². The highest BCUT2D eigenvalue weighted by Gasteiger charge is 2.19. The Morgan fingerprint density at radius 3 is 2.74 bits per heavy atom. The molecule has 7 heteroatoms. The fourth-order valence-electron chi connectivity index (χ4n) is 2.08. The van der Waals surface area contributed by atoms with Crippen LogP contribution in [0.2, 0.25) is 10.0 Å². The van der Waals surface area contributed by atoms with Crippen molar-refractivity contribution in [1.82, 2.24) is 5.32 Å². The number of thiophene rings is 1. The van der Waals surface area contributed by atoms with Gasteiger partial charge in [0.2, 0.25) is 0 Å². The van der Waals surface area contributed by atoms with E-state index < -0.39 is 0 Å². The molecule has 2 aromatic rings. The van der Waals surface area contributed by atoms with Crippen molar-refractivity contribution in [3.8, 4) is 5.75 Å². The normalized spacial score (nSPS) is 12.2. The van der Waals surface area contributed by atoms with Crippen molar-refractivity contribution in [1.29, 1.82) is 0 Å². The molecule has 0 unspecified atom stereocenters. The number of carbonyl (C=O) groups is 1. The number of hydrogen-bond donors (Lipinski definition) is 2. The molecule has 0 aliphatic rings. The molecule has 0 spiro atoms. The van der Waals surface area contributed by atoms with Crippen LogP contribution in [0.25, 0.3) is 0 Å². The van der Waals surface area contributed by atoms with Crippen molar-refractivity contribution in [2.24, 2.45) is 0 Å². The third-order valence-corrected chi connectivity index (χ3v) is 4.86. The number of carbonyl (C=O) groups excluding carboxylic acids is 1. The molecule has 2 N–H and O–H groups in total. The van der Waals surface area contributed by atoms with Gasteiger partial charge in [0.15, 0.2) is 6.61 Å². The molecule has 1 heterocycles. The van der Waals surface area contributed by atoms with Crippen LogP contribution in [-0.4, -0.2) is 33.2 Å². The molecule has 4 nitrogen and oxygen atoms in total. The highest BCUT2D eigenvalue weighted by Crippen LogP contribution is 2.27. The number of likely N-dealkylation sites (N-methyl/N-ethyl adjacent to an activating group) is 1. The van der Waals surface area contributed by atoms with Crippen LogP contribution in [0.3, 0.4) is 0 Å². The molecule has 124 valence electrons. The van der Waals surface area contributed by atoms with Crippen LogP contribution >= 0.6 is 34.5 Å². The number of halogens is 2. The number of nitrogens with one attached hydrogen (secondary N) is 2. The van der Waals surface area contributed by atoms with Crippen LogP contribution in [0.4, 0.5) is 0 Å². The van der Waals surface area contributed by atoms with E-state index in [0.29, 0.717) is 22.3 Å². The molecule has 0 aliphatic carbocycles. The average molecular weight is 374 g/mol. The Balaban J connectivity index is 1.84. The van der Waals surface area contributed by atoms with Crippen LogP contribution in [0.1, 0.15) is 10.9 Å². The van der Waals surface area contributed by atoms with Gasteiger partial charge in [-0.1, -0.05) is 29.3 Å². The van der Waals surface area contributed by atoms with Crippen LogP contribution in [-0.2, 0) is 4.79 Å². The van der Waals surface area contributed by atoms with Gasteiger partial charge in [-0.05, 0) is 29.6 Å². The summed E-state index contributed by atoms with van der Waals surface area (Å²) in [4.78, 5) is 14.5. The second kappa shape index (κ2) is 8.55. The molecule has 0 saturated heterocycles. The topological polar surface area (TPSA) is 42.8 Å². The Hall–Kier alpha value is -1.27. The van der Waals surface area contributed by atoms with E-state index >= 15 is 0 Å². The van der Waals surface area contributed by atoms with Gasteiger partial charge in [0.25, 0.3) is 5.91 Å². The summed E-state index contributed by atoms with van der Waals surface area (Å²) >= 11 is 13.5. The zero-order valence-electron chi connectivity index (χ0n) is 12.9. The van der Waals surface area contributed by atoms with E-state index in [4.69, 9.17) is 27.9 Å². The minimum atomic E-state index is -0.182. The smallest absolute Gasteiger partial charge is 0.258 e.